The zero-order valence-corrected chi connectivity index (χ0v) is 11.3. The molecule has 4 nitrogen and oxygen atoms in total. The molecule has 0 aromatic heterocycles. The molecule has 0 aromatic carbocycles. The molecule has 3 rings (SSSR count). The summed E-state index contributed by atoms with van der Waals surface area (Å²) < 4.78 is 5.48. The molecule has 19 heavy (non-hydrogen) atoms. The summed E-state index contributed by atoms with van der Waals surface area (Å²) in [6.45, 7) is 5.59. The van der Waals surface area contributed by atoms with Crippen molar-refractivity contribution in [1.29, 1.82) is 0 Å². The van der Waals surface area contributed by atoms with Gasteiger partial charge in [-0.15, -0.1) is 0 Å². The normalized spacial score (nSPS) is 41.7. The van der Waals surface area contributed by atoms with Gasteiger partial charge in [-0.05, 0) is 26.3 Å². The molecular weight excluding hydrogens is 244 g/mol. The molecule has 0 bridgehead atoms. The van der Waals surface area contributed by atoms with E-state index in [0.717, 1.165) is 16.7 Å². The van der Waals surface area contributed by atoms with E-state index in [4.69, 9.17) is 4.74 Å². The summed E-state index contributed by atoms with van der Waals surface area (Å²) in [5, 5.41) is 10.3. The Morgan fingerprint density at radius 3 is 2.68 bits per heavy atom. The third-order valence-electron chi connectivity index (χ3n) is 4.75. The summed E-state index contributed by atoms with van der Waals surface area (Å²) in [4.78, 5) is 23.9. The van der Waals surface area contributed by atoms with Gasteiger partial charge >= 0.3 is 5.97 Å². The molecule has 0 saturated carbocycles. The van der Waals surface area contributed by atoms with Gasteiger partial charge in [-0.3, -0.25) is 9.59 Å². The monoisotopic (exact) mass is 262 g/mol. The van der Waals surface area contributed by atoms with Crippen molar-refractivity contribution in [2.75, 3.05) is 0 Å². The molecule has 4 heteroatoms. The van der Waals surface area contributed by atoms with Crippen molar-refractivity contribution in [3.63, 3.8) is 0 Å². The number of aliphatic hydroxyl groups excluding tert-OH is 1. The Morgan fingerprint density at radius 1 is 1.32 bits per heavy atom. The fourth-order valence-corrected chi connectivity index (χ4v) is 3.82. The van der Waals surface area contributed by atoms with Crippen LogP contribution in [0.25, 0.3) is 0 Å². The lowest BCUT2D eigenvalue weighted by Gasteiger charge is -2.26. The van der Waals surface area contributed by atoms with E-state index < -0.39 is 12.2 Å². The predicted molar refractivity (Wildman–Crippen MR) is 68.1 cm³/mol. The number of hydrogen-bond acceptors (Lipinski definition) is 4. The van der Waals surface area contributed by atoms with Crippen LogP contribution in [0, 0.1) is 17.8 Å². The van der Waals surface area contributed by atoms with Crippen LogP contribution in [0.4, 0.5) is 0 Å². The van der Waals surface area contributed by atoms with E-state index in [2.05, 4.69) is 0 Å². The fraction of sp³-hybridized carbons (Fsp3) is 0.600. The fourth-order valence-electron chi connectivity index (χ4n) is 3.82. The van der Waals surface area contributed by atoms with E-state index in [1.54, 1.807) is 13.0 Å². The van der Waals surface area contributed by atoms with Crippen molar-refractivity contribution < 1.29 is 19.4 Å². The number of fused-ring (bicyclic) bond motifs is 3. The number of esters is 1. The minimum Gasteiger partial charge on any atom is -0.461 e. The smallest absolute Gasteiger partial charge is 0.309 e. The van der Waals surface area contributed by atoms with Gasteiger partial charge in [0.25, 0.3) is 0 Å². The van der Waals surface area contributed by atoms with Crippen LogP contribution >= 0.6 is 0 Å². The number of hydrogen-bond donors (Lipinski definition) is 1. The van der Waals surface area contributed by atoms with E-state index >= 15 is 0 Å². The zero-order chi connectivity index (χ0) is 13.9. The molecule has 3 aliphatic rings. The van der Waals surface area contributed by atoms with Crippen LogP contribution in [0.2, 0.25) is 0 Å². The molecule has 102 valence electrons. The summed E-state index contributed by atoms with van der Waals surface area (Å²) in [5.41, 5.74) is 2.59. The van der Waals surface area contributed by atoms with Crippen molar-refractivity contribution in [1.82, 2.24) is 0 Å². The highest BCUT2D eigenvalue weighted by Crippen LogP contribution is 2.47. The number of allylic oxidation sites excluding steroid dienone is 1. The highest BCUT2D eigenvalue weighted by molar-refractivity contribution is 6.09. The van der Waals surface area contributed by atoms with Crippen LogP contribution in [-0.2, 0) is 14.3 Å². The van der Waals surface area contributed by atoms with Crippen molar-refractivity contribution in [2.45, 2.75) is 39.4 Å². The summed E-state index contributed by atoms with van der Waals surface area (Å²) in [6.07, 6.45) is 1.06. The van der Waals surface area contributed by atoms with Gasteiger partial charge in [0.15, 0.2) is 5.78 Å². The second-order valence-corrected chi connectivity index (χ2v) is 5.96. The average Bonchev–Trinajstić information content (AvgIpc) is 2.72. The standard InChI is InChI=1S/C15H18O4/c1-6-4-10(17)13-8(3)15(18)19-14(13)12-7(2)5-9(16)11(6)12/h5,8,10,12-14,17H,4H2,1-3H3/t8-,10+,12-,13+,14-/m0/s1. The number of carbonyl (C=O) groups excluding carboxylic acids is 2. The average molecular weight is 262 g/mol. The van der Waals surface area contributed by atoms with Crippen molar-refractivity contribution in [2.24, 2.45) is 17.8 Å². The van der Waals surface area contributed by atoms with Crippen LogP contribution in [-0.4, -0.2) is 29.1 Å². The number of carbonyl (C=O) groups is 2. The maximum absolute atomic E-state index is 12.1. The Labute approximate surface area is 112 Å². The van der Waals surface area contributed by atoms with E-state index in [1.807, 2.05) is 13.8 Å². The molecule has 0 amide bonds. The lowest BCUT2D eigenvalue weighted by molar-refractivity contribution is -0.144. The Morgan fingerprint density at radius 2 is 2.00 bits per heavy atom. The number of rotatable bonds is 0. The number of aliphatic hydroxyl groups is 1. The summed E-state index contributed by atoms with van der Waals surface area (Å²) in [7, 11) is 0. The molecule has 0 aromatic rings. The van der Waals surface area contributed by atoms with Gasteiger partial charge in [-0.1, -0.05) is 18.1 Å². The third-order valence-corrected chi connectivity index (χ3v) is 4.75. The first kappa shape index (κ1) is 12.6. The third kappa shape index (κ3) is 1.62. The van der Waals surface area contributed by atoms with E-state index in [1.165, 1.54) is 0 Å². The van der Waals surface area contributed by atoms with Gasteiger partial charge in [0.05, 0.1) is 12.0 Å². The molecule has 1 heterocycles. The zero-order valence-electron chi connectivity index (χ0n) is 11.3. The molecule has 1 fully saturated rings. The Balaban J connectivity index is 2.11. The summed E-state index contributed by atoms with van der Waals surface area (Å²) >= 11 is 0. The maximum Gasteiger partial charge on any atom is 0.309 e. The Kier molecular flexibility index (Phi) is 2.68. The molecule has 1 aliphatic heterocycles. The van der Waals surface area contributed by atoms with Crippen LogP contribution in [0.3, 0.4) is 0 Å². The molecule has 1 N–H and O–H groups in total. The second-order valence-electron chi connectivity index (χ2n) is 5.96. The van der Waals surface area contributed by atoms with Crippen LogP contribution in [0.5, 0.6) is 0 Å². The molecule has 1 saturated heterocycles. The number of ether oxygens (including phenoxy) is 1. The topological polar surface area (TPSA) is 63.6 Å². The second kappa shape index (κ2) is 4.04. The predicted octanol–water partition coefficient (Wildman–Crippen LogP) is 1.39. The minimum atomic E-state index is -0.620. The molecular formula is C15H18O4. The van der Waals surface area contributed by atoms with Gasteiger partial charge < -0.3 is 9.84 Å². The molecule has 2 aliphatic carbocycles. The van der Waals surface area contributed by atoms with E-state index in [0.29, 0.717) is 6.42 Å². The largest absolute Gasteiger partial charge is 0.461 e. The van der Waals surface area contributed by atoms with Crippen LogP contribution in [0.15, 0.2) is 22.8 Å². The summed E-state index contributed by atoms with van der Waals surface area (Å²) in [6, 6.07) is 0. The molecule has 5 atom stereocenters. The Bertz CT molecular complexity index is 528. The first-order chi connectivity index (χ1) is 8.91. The van der Waals surface area contributed by atoms with E-state index in [9.17, 15) is 14.7 Å². The van der Waals surface area contributed by atoms with Crippen molar-refractivity contribution >= 4 is 11.8 Å². The van der Waals surface area contributed by atoms with Crippen LogP contribution in [0.1, 0.15) is 27.2 Å². The SMILES string of the molecule is CC1=CC(=O)C2=C(C)C[C@@H](O)[C@@H]3[C@@H](OC(=O)[C@H]3C)[C@@H]12. The minimum absolute atomic E-state index is 0.00320. The maximum atomic E-state index is 12.1. The summed E-state index contributed by atoms with van der Waals surface area (Å²) in [5.74, 6) is -0.957. The Hall–Kier alpha value is -1.42. The molecule has 0 spiro atoms. The van der Waals surface area contributed by atoms with Crippen LogP contribution < -0.4 is 0 Å². The van der Waals surface area contributed by atoms with Gasteiger partial charge in [-0.2, -0.15) is 0 Å². The van der Waals surface area contributed by atoms with Crippen molar-refractivity contribution in [3.05, 3.63) is 22.8 Å². The van der Waals surface area contributed by atoms with E-state index in [-0.39, 0.29) is 29.5 Å². The lowest BCUT2D eigenvalue weighted by atomic mass is 9.80. The lowest BCUT2D eigenvalue weighted by Crippen LogP contribution is -2.35. The molecule has 0 unspecified atom stereocenters. The first-order valence-electron chi connectivity index (χ1n) is 6.72. The molecule has 0 radical (unpaired) electrons. The van der Waals surface area contributed by atoms with Gasteiger partial charge in [0, 0.05) is 17.4 Å². The quantitative estimate of drug-likeness (QED) is 0.670. The first-order valence-corrected chi connectivity index (χ1v) is 6.72. The van der Waals surface area contributed by atoms with Gasteiger partial charge in [0.1, 0.15) is 6.10 Å². The van der Waals surface area contributed by atoms with Crippen molar-refractivity contribution in [3.8, 4) is 0 Å². The highest BCUT2D eigenvalue weighted by atomic mass is 16.6. The van der Waals surface area contributed by atoms with Gasteiger partial charge in [-0.25, -0.2) is 0 Å². The number of ketones is 1. The highest BCUT2D eigenvalue weighted by Gasteiger charge is 2.53. The van der Waals surface area contributed by atoms with Gasteiger partial charge in [0.2, 0.25) is 0 Å².